The summed E-state index contributed by atoms with van der Waals surface area (Å²) in [5, 5.41) is 3.50. The predicted octanol–water partition coefficient (Wildman–Crippen LogP) is 0.553. The zero-order valence-electron chi connectivity index (χ0n) is 5.96. The van der Waals surface area contributed by atoms with Gasteiger partial charge in [-0.15, -0.1) is 0 Å². The molecule has 0 atom stereocenters. The quantitative estimate of drug-likeness (QED) is 0.260. The standard InChI is InChI=1S/C5H11N5/c1-7-9-5(2-3-5)4-8-10-6/h7,9H,2-4H2,1H3. The first-order chi connectivity index (χ1) is 4.83. The van der Waals surface area contributed by atoms with E-state index in [1.807, 2.05) is 7.05 Å². The highest BCUT2D eigenvalue weighted by molar-refractivity contribution is 5.02. The van der Waals surface area contributed by atoms with Crippen molar-refractivity contribution in [3.05, 3.63) is 10.4 Å². The maximum Gasteiger partial charge on any atom is 0.0453 e. The average molecular weight is 141 g/mol. The SMILES string of the molecule is CNNC1(CN=[N+]=[N-])CC1. The highest BCUT2D eigenvalue weighted by Crippen LogP contribution is 2.34. The van der Waals surface area contributed by atoms with E-state index in [-0.39, 0.29) is 5.54 Å². The van der Waals surface area contributed by atoms with Crippen molar-refractivity contribution >= 4 is 0 Å². The molecule has 1 saturated carbocycles. The van der Waals surface area contributed by atoms with E-state index in [1.54, 1.807) is 0 Å². The van der Waals surface area contributed by atoms with E-state index < -0.39 is 0 Å². The molecule has 1 aliphatic rings. The first-order valence-electron chi connectivity index (χ1n) is 3.28. The molecule has 0 aliphatic heterocycles. The summed E-state index contributed by atoms with van der Waals surface area (Å²) in [6, 6.07) is 0. The molecule has 0 amide bonds. The maximum atomic E-state index is 8.04. The molecular weight excluding hydrogens is 130 g/mol. The molecule has 0 heterocycles. The van der Waals surface area contributed by atoms with Crippen LogP contribution in [0.1, 0.15) is 12.8 Å². The first-order valence-corrected chi connectivity index (χ1v) is 3.28. The van der Waals surface area contributed by atoms with Gasteiger partial charge in [-0.25, -0.2) is 0 Å². The Morgan fingerprint density at radius 3 is 2.80 bits per heavy atom. The van der Waals surface area contributed by atoms with Crippen molar-refractivity contribution < 1.29 is 0 Å². The molecule has 0 radical (unpaired) electrons. The van der Waals surface area contributed by atoms with Gasteiger partial charge < -0.3 is 0 Å². The van der Waals surface area contributed by atoms with Gasteiger partial charge in [0.2, 0.25) is 0 Å². The lowest BCUT2D eigenvalue weighted by Gasteiger charge is -2.11. The zero-order chi connectivity index (χ0) is 7.45. The summed E-state index contributed by atoms with van der Waals surface area (Å²) < 4.78 is 0. The largest absolute Gasteiger partial charge is 0.260 e. The van der Waals surface area contributed by atoms with Gasteiger partial charge in [0.25, 0.3) is 0 Å². The maximum absolute atomic E-state index is 8.04. The van der Waals surface area contributed by atoms with Gasteiger partial charge in [0.1, 0.15) is 0 Å². The smallest absolute Gasteiger partial charge is 0.0453 e. The molecule has 0 aromatic carbocycles. The third-order valence-corrected chi connectivity index (χ3v) is 1.68. The van der Waals surface area contributed by atoms with Crippen molar-refractivity contribution in [2.45, 2.75) is 18.4 Å². The minimum absolute atomic E-state index is 0.0704. The Morgan fingerprint density at radius 1 is 1.70 bits per heavy atom. The van der Waals surface area contributed by atoms with E-state index >= 15 is 0 Å². The van der Waals surface area contributed by atoms with Gasteiger partial charge in [0.15, 0.2) is 0 Å². The van der Waals surface area contributed by atoms with Crippen LogP contribution in [0, 0.1) is 0 Å². The Balaban J connectivity index is 2.29. The van der Waals surface area contributed by atoms with Gasteiger partial charge in [0.05, 0.1) is 0 Å². The number of rotatable bonds is 4. The summed E-state index contributed by atoms with van der Waals surface area (Å²) >= 11 is 0. The zero-order valence-corrected chi connectivity index (χ0v) is 5.96. The monoisotopic (exact) mass is 141 g/mol. The molecule has 1 rings (SSSR count). The second-order valence-corrected chi connectivity index (χ2v) is 2.54. The Bertz CT molecular complexity index is 155. The van der Waals surface area contributed by atoms with Crippen molar-refractivity contribution in [3.8, 4) is 0 Å². The van der Waals surface area contributed by atoms with Crippen molar-refractivity contribution in [2.24, 2.45) is 5.11 Å². The minimum atomic E-state index is 0.0704. The second kappa shape index (κ2) is 2.88. The fourth-order valence-corrected chi connectivity index (χ4v) is 0.906. The third kappa shape index (κ3) is 1.60. The lowest BCUT2D eigenvalue weighted by atomic mass is 10.3. The summed E-state index contributed by atoms with van der Waals surface area (Å²) in [7, 11) is 1.82. The number of nitrogens with zero attached hydrogens (tertiary/aromatic N) is 3. The molecule has 0 bridgehead atoms. The topological polar surface area (TPSA) is 72.8 Å². The normalized spacial score (nSPS) is 19.7. The second-order valence-electron chi connectivity index (χ2n) is 2.54. The van der Waals surface area contributed by atoms with Crippen LogP contribution in [0.2, 0.25) is 0 Å². The fourth-order valence-electron chi connectivity index (χ4n) is 0.906. The Kier molecular flexibility index (Phi) is 2.11. The average Bonchev–Trinajstić information content (AvgIpc) is 2.67. The number of hydrogen-bond donors (Lipinski definition) is 2. The van der Waals surface area contributed by atoms with Crippen LogP contribution < -0.4 is 10.9 Å². The Labute approximate surface area is 59.4 Å². The third-order valence-electron chi connectivity index (χ3n) is 1.68. The molecule has 1 fully saturated rings. The number of nitrogens with one attached hydrogen (secondary N) is 2. The van der Waals surface area contributed by atoms with Crippen molar-refractivity contribution in [1.29, 1.82) is 0 Å². The Hall–Kier alpha value is -0.770. The van der Waals surface area contributed by atoms with Gasteiger partial charge in [-0.1, -0.05) is 5.11 Å². The summed E-state index contributed by atoms with van der Waals surface area (Å²) in [6.45, 7) is 0.546. The number of hydrazine groups is 1. The van der Waals surface area contributed by atoms with Crippen LogP contribution in [0.3, 0.4) is 0 Å². The fraction of sp³-hybridized carbons (Fsp3) is 1.00. The van der Waals surface area contributed by atoms with Gasteiger partial charge in [-0.3, -0.25) is 10.9 Å². The lowest BCUT2D eigenvalue weighted by molar-refractivity contribution is 0.450. The van der Waals surface area contributed by atoms with Crippen LogP contribution in [0.15, 0.2) is 5.11 Å². The molecule has 0 aromatic heterocycles. The molecule has 0 spiro atoms. The van der Waals surface area contributed by atoms with E-state index in [9.17, 15) is 0 Å². The Morgan fingerprint density at radius 2 is 2.40 bits per heavy atom. The summed E-state index contributed by atoms with van der Waals surface area (Å²) in [5.41, 5.74) is 14.0. The van der Waals surface area contributed by atoms with Crippen molar-refractivity contribution in [2.75, 3.05) is 13.6 Å². The molecule has 56 valence electrons. The van der Waals surface area contributed by atoms with E-state index in [0.29, 0.717) is 6.54 Å². The van der Waals surface area contributed by atoms with Gasteiger partial charge in [-0.2, -0.15) is 0 Å². The molecule has 0 unspecified atom stereocenters. The van der Waals surface area contributed by atoms with Crippen LogP contribution in [-0.4, -0.2) is 19.1 Å². The summed E-state index contributed by atoms with van der Waals surface area (Å²) in [6.07, 6.45) is 2.18. The van der Waals surface area contributed by atoms with Crippen LogP contribution >= 0.6 is 0 Å². The first kappa shape index (κ1) is 7.34. The molecular formula is C5H11N5. The van der Waals surface area contributed by atoms with Gasteiger partial charge >= 0.3 is 0 Å². The number of hydrogen-bond acceptors (Lipinski definition) is 3. The summed E-state index contributed by atoms with van der Waals surface area (Å²) in [4.78, 5) is 2.70. The van der Waals surface area contributed by atoms with Crippen LogP contribution in [0.25, 0.3) is 10.4 Å². The van der Waals surface area contributed by atoms with Crippen LogP contribution in [-0.2, 0) is 0 Å². The van der Waals surface area contributed by atoms with E-state index in [2.05, 4.69) is 20.9 Å². The van der Waals surface area contributed by atoms with Gasteiger partial charge in [-0.05, 0) is 25.4 Å². The van der Waals surface area contributed by atoms with E-state index in [1.165, 1.54) is 0 Å². The predicted molar refractivity (Wildman–Crippen MR) is 38.2 cm³/mol. The van der Waals surface area contributed by atoms with Crippen molar-refractivity contribution in [3.63, 3.8) is 0 Å². The molecule has 5 nitrogen and oxygen atoms in total. The molecule has 0 saturated heterocycles. The van der Waals surface area contributed by atoms with Gasteiger partial charge in [0, 0.05) is 17.0 Å². The highest BCUT2D eigenvalue weighted by atomic mass is 15.4. The van der Waals surface area contributed by atoms with Crippen LogP contribution in [0.5, 0.6) is 0 Å². The summed E-state index contributed by atoms with van der Waals surface area (Å²) in [5.74, 6) is 0. The van der Waals surface area contributed by atoms with E-state index in [0.717, 1.165) is 12.8 Å². The van der Waals surface area contributed by atoms with E-state index in [4.69, 9.17) is 5.53 Å². The molecule has 1 aliphatic carbocycles. The van der Waals surface area contributed by atoms with Crippen molar-refractivity contribution in [1.82, 2.24) is 10.9 Å². The molecule has 2 N–H and O–H groups in total. The molecule has 5 heteroatoms. The minimum Gasteiger partial charge on any atom is -0.260 e. The lowest BCUT2D eigenvalue weighted by Crippen LogP contribution is -2.42. The number of azide groups is 1. The molecule has 10 heavy (non-hydrogen) atoms. The highest BCUT2D eigenvalue weighted by Gasteiger charge is 2.41. The van der Waals surface area contributed by atoms with Crippen LogP contribution in [0.4, 0.5) is 0 Å². The molecule has 0 aromatic rings.